The molecule has 2 aliphatic rings. The lowest BCUT2D eigenvalue weighted by Gasteiger charge is -2.36. The van der Waals surface area contributed by atoms with Crippen LogP contribution < -0.4 is 5.73 Å². The van der Waals surface area contributed by atoms with Crippen molar-refractivity contribution in [2.75, 3.05) is 39.0 Å². The summed E-state index contributed by atoms with van der Waals surface area (Å²) in [6.07, 6.45) is -0.116. The van der Waals surface area contributed by atoms with Crippen LogP contribution in [0.15, 0.2) is 18.2 Å². The van der Waals surface area contributed by atoms with Gasteiger partial charge in [-0.1, -0.05) is 6.07 Å². The van der Waals surface area contributed by atoms with Crippen molar-refractivity contribution in [3.05, 3.63) is 29.3 Å². The molecule has 0 radical (unpaired) electrons. The third-order valence-corrected chi connectivity index (χ3v) is 4.26. The number of fused-ring (bicyclic) bond motifs is 1. The molecule has 1 unspecified atom stereocenters. The summed E-state index contributed by atoms with van der Waals surface area (Å²) in [7, 11) is 2.06. The number of nitrogens with two attached hydrogens (primary N) is 1. The first-order valence-electron chi connectivity index (χ1n) is 6.68. The molecule has 1 fully saturated rings. The minimum absolute atomic E-state index is 0.116. The first kappa shape index (κ1) is 12.8. The average molecular weight is 267 g/mol. The van der Waals surface area contributed by atoms with Gasteiger partial charge in [0.15, 0.2) is 0 Å². The third kappa shape index (κ3) is 2.21. The standard InChI is InChI=1S/C14H19F2N3/c1-18-4-6-19(7-5-18)13-9-14(15,16)12-8-10(17)2-3-11(12)13/h2-3,8,13H,4-7,9,17H2,1H3. The largest absolute Gasteiger partial charge is 0.399 e. The van der Waals surface area contributed by atoms with E-state index >= 15 is 0 Å². The number of nitrogens with zero attached hydrogens (tertiary/aromatic N) is 2. The Hall–Kier alpha value is -1.20. The highest BCUT2D eigenvalue weighted by atomic mass is 19.3. The summed E-state index contributed by atoms with van der Waals surface area (Å²) in [6, 6.07) is 4.77. The molecule has 3 nitrogen and oxygen atoms in total. The second-order valence-corrected chi connectivity index (χ2v) is 5.61. The van der Waals surface area contributed by atoms with Crippen LogP contribution in [0, 0.1) is 0 Å². The fourth-order valence-electron chi connectivity index (χ4n) is 3.10. The molecular formula is C14H19F2N3. The van der Waals surface area contributed by atoms with Crippen LogP contribution in [-0.2, 0) is 5.92 Å². The number of likely N-dealkylation sites (N-methyl/N-ethyl adjacent to an activating group) is 1. The monoisotopic (exact) mass is 267 g/mol. The van der Waals surface area contributed by atoms with Crippen LogP contribution in [0.3, 0.4) is 0 Å². The number of alkyl halides is 2. The number of halogens is 2. The predicted octanol–water partition coefficient (Wildman–Crippen LogP) is 2.05. The van der Waals surface area contributed by atoms with Gasteiger partial charge in [0.05, 0.1) is 0 Å². The quantitative estimate of drug-likeness (QED) is 0.790. The second kappa shape index (κ2) is 4.42. The first-order chi connectivity index (χ1) is 8.97. The van der Waals surface area contributed by atoms with Crippen molar-refractivity contribution in [3.8, 4) is 0 Å². The van der Waals surface area contributed by atoms with Gasteiger partial charge >= 0.3 is 0 Å². The van der Waals surface area contributed by atoms with Crippen LogP contribution in [0.25, 0.3) is 0 Å². The second-order valence-electron chi connectivity index (χ2n) is 5.61. The maximum Gasteiger partial charge on any atom is 0.275 e. The highest BCUT2D eigenvalue weighted by Gasteiger charge is 2.47. The molecule has 1 saturated heterocycles. The Kier molecular flexibility index (Phi) is 2.98. The van der Waals surface area contributed by atoms with Gasteiger partial charge in [-0.25, -0.2) is 8.78 Å². The smallest absolute Gasteiger partial charge is 0.275 e. The van der Waals surface area contributed by atoms with Crippen molar-refractivity contribution < 1.29 is 8.78 Å². The van der Waals surface area contributed by atoms with Gasteiger partial charge in [0, 0.05) is 49.9 Å². The molecule has 3 rings (SSSR count). The van der Waals surface area contributed by atoms with Gasteiger partial charge in [-0.3, -0.25) is 4.90 Å². The van der Waals surface area contributed by atoms with Gasteiger partial charge in [0.2, 0.25) is 0 Å². The highest BCUT2D eigenvalue weighted by Crippen LogP contribution is 2.50. The van der Waals surface area contributed by atoms with Crippen LogP contribution in [-0.4, -0.2) is 43.0 Å². The van der Waals surface area contributed by atoms with Crippen LogP contribution in [0.5, 0.6) is 0 Å². The summed E-state index contributed by atoms with van der Waals surface area (Å²) in [5, 5.41) is 0. The van der Waals surface area contributed by atoms with Crippen LogP contribution in [0.1, 0.15) is 23.6 Å². The fraction of sp³-hybridized carbons (Fsp3) is 0.571. The number of hydrogen-bond donors (Lipinski definition) is 1. The fourth-order valence-corrected chi connectivity index (χ4v) is 3.10. The van der Waals surface area contributed by atoms with Gasteiger partial charge < -0.3 is 10.6 Å². The van der Waals surface area contributed by atoms with Gasteiger partial charge in [-0.05, 0) is 24.7 Å². The van der Waals surface area contributed by atoms with Crippen molar-refractivity contribution in [1.29, 1.82) is 0 Å². The molecule has 104 valence electrons. The Morgan fingerprint density at radius 2 is 1.89 bits per heavy atom. The van der Waals surface area contributed by atoms with E-state index in [2.05, 4.69) is 16.8 Å². The van der Waals surface area contributed by atoms with E-state index in [9.17, 15) is 8.78 Å². The molecular weight excluding hydrogens is 248 g/mol. The molecule has 19 heavy (non-hydrogen) atoms. The lowest BCUT2D eigenvalue weighted by atomic mass is 10.1. The number of anilines is 1. The molecule has 1 aliphatic carbocycles. The Balaban J connectivity index is 1.90. The minimum atomic E-state index is -2.75. The van der Waals surface area contributed by atoms with Gasteiger partial charge in [-0.2, -0.15) is 0 Å². The summed E-state index contributed by atoms with van der Waals surface area (Å²) >= 11 is 0. The lowest BCUT2D eigenvalue weighted by molar-refractivity contribution is -0.0257. The van der Waals surface area contributed by atoms with Crippen molar-refractivity contribution >= 4 is 5.69 Å². The average Bonchev–Trinajstić information content (AvgIpc) is 2.62. The van der Waals surface area contributed by atoms with E-state index in [4.69, 9.17) is 5.73 Å². The Labute approximate surface area is 112 Å². The molecule has 0 saturated carbocycles. The molecule has 1 aromatic carbocycles. The van der Waals surface area contributed by atoms with Gasteiger partial charge in [0.1, 0.15) is 0 Å². The summed E-state index contributed by atoms with van der Waals surface area (Å²) in [6.45, 7) is 3.57. The van der Waals surface area contributed by atoms with E-state index < -0.39 is 5.92 Å². The molecule has 0 bridgehead atoms. The van der Waals surface area contributed by atoms with E-state index in [1.807, 2.05) is 0 Å². The summed E-state index contributed by atoms with van der Waals surface area (Å²) in [5.41, 5.74) is 6.93. The SMILES string of the molecule is CN1CCN(C2CC(F)(F)c3cc(N)ccc32)CC1. The van der Waals surface area contributed by atoms with E-state index in [-0.39, 0.29) is 18.0 Å². The van der Waals surface area contributed by atoms with Crippen molar-refractivity contribution in [2.45, 2.75) is 18.4 Å². The normalized spacial score (nSPS) is 27.4. The Morgan fingerprint density at radius 1 is 1.21 bits per heavy atom. The molecule has 0 spiro atoms. The molecule has 0 amide bonds. The van der Waals surface area contributed by atoms with Crippen LogP contribution in [0.4, 0.5) is 14.5 Å². The van der Waals surface area contributed by atoms with E-state index in [0.29, 0.717) is 5.69 Å². The zero-order valence-electron chi connectivity index (χ0n) is 11.1. The molecule has 1 atom stereocenters. The van der Waals surface area contributed by atoms with E-state index in [0.717, 1.165) is 31.7 Å². The molecule has 2 N–H and O–H groups in total. The molecule has 1 aliphatic heterocycles. The minimum Gasteiger partial charge on any atom is -0.399 e. The maximum absolute atomic E-state index is 14.1. The van der Waals surface area contributed by atoms with Gasteiger partial charge in [-0.15, -0.1) is 0 Å². The third-order valence-electron chi connectivity index (χ3n) is 4.26. The molecule has 1 aromatic rings. The first-order valence-corrected chi connectivity index (χ1v) is 6.68. The summed E-state index contributed by atoms with van der Waals surface area (Å²) < 4.78 is 28.2. The Morgan fingerprint density at radius 3 is 2.58 bits per heavy atom. The topological polar surface area (TPSA) is 32.5 Å². The molecule has 5 heteroatoms. The lowest BCUT2D eigenvalue weighted by Crippen LogP contribution is -2.45. The summed E-state index contributed by atoms with van der Waals surface area (Å²) in [4.78, 5) is 4.41. The van der Waals surface area contributed by atoms with Crippen molar-refractivity contribution in [1.82, 2.24) is 9.80 Å². The zero-order chi connectivity index (χ0) is 13.6. The maximum atomic E-state index is 14.1. The number of benzene rings is 1. The number of piperazine rings is 1. The van der Waals surface area contributed by atoms with E-state index in [1.54, 1.807) is 12.1 Å². The van der Waals surface area contributed by atoms with Crippen LogP contribution in [0.2, 0.25) is 0 Å². The number of hydrogen-bond acceptors (Lipinski definition) is 3. The number of rotatable bonds is 1. The van der Waals surface area contributed by atoms with Crippen molar-refractivity contribution in [2.24, 2.45) is 0 Å². The Bertz CT molecular complexity index is 482. The molecule has 1 heterocycles. The summed E-state index contributed by atoms with van der Waals surface area (Å²) in [5.74, 6) is -2.75. The number of nitrogen functional groups attached to an aromatic ring is 1. The highest BCUT2D eigenvalue weighted by molar-refractivity contribution is 5.50. The van der Waals surface area contributed by atoms with Crippen molar-refractivity contribution in [3.63, 3.8) is 0 Å². The zero-order valence-corrected chi connectivity index (χ0v) is 11.1. The van der Waals surface area contributed by atoms with Crippen LogP contribution >= 0.6 is 0 Å². The van der Waals surface area contributed by atoms with Gasteiger partial charge in [0.25, 0.3) is 5.92 Å². The molecule has 0 aromatic heterocycles. The van der Waals surface area contributed by atoms with E-state index in [1.165, 1.54) is 6.07 Å². The predicted molar refractivity (Wildman–Crippen MR) is 71.2 cm³/mol.